The molecule has 18 heavy (non-hydrogen) atoms. The molecule has 0 bridgehead atoms. The van der Waals surface area contributed by atoms with Crippen LogP contribution in [0.2, 0.25) is 0 Å². The molecular formula is C12H15BrN2O3. The van der Waals surface area contributed by atoms with Crippen LogP contribution in [0.15, 0.2) is 28.7 Å². The van der Waals surface area contributed by atoms with Gasteiger partial charge in [-0.2, -0.15) is 0 Å². The Labute approximate surface area is 114 Å². The number of benzene rings is 1. The molecule has 1 aromatic carbocycles. The molecule has 98 valence electrons. The molecule has 0 saturated carbocycles. The smallest absolute Gasteiger partial charge is 0.279 e. The Bertz CT molecular complexity index is 437. The summed E-state index contributed by atoms with van der Waals surface area (Å²) in [5, 5.41) is 0. The van der Waals surface area contributed by atoms with Crippen molar-refractivity contribution in [3.63, 3.8) is 0 Å². The van der Waals surface area contributed by atoms with E-state index in [9.17, 15) is 9.59 Å². The molecule has 6 heteroatoms. The minimum absolute atomic E-state index is 0.252. The van der Waals surface area contributed by atoms with Gasteiger partial charge in [-0.05, 0) is 25.1 Å². The van der Waals surface area contributed by atoms with Gasteiger partial charge in [0, 0.05) is 10.9 Å². The number of carbonyl (C=O) groups excluding carboxylic acids is 2. The molecule has 1 rings (SSSR count). The number of halogens is 1. The van der Waals surface area contributed by atoms with Crippen LogP contribution in [-0.4, -0.2) is 17.9 Å². The second-order valence-corrected chi connectivity index (χ2v) is 4.52. The number of hydrogen-bond donors (Lipinski definition) is 2. The highest BCUT2D eigenvalue weighted by molar-refractivity contribution is 9.10. The van der Waals surface area contributed by atoms with Gasteiger partial charge in [0.1, 0.15) is 5.75 Å². The normalized spacial score (nSPS) is 11.5. The highest BCUT2D eigenvalue weighted by Gasteiger charge is 2.14. The Morgan fingerprint density at radius 2 is 2.11 bits per heavy atom. The zero-order valence-electron chi connectivity index (χ0n) is 10.2. The Morgan fingerprint density at radius 3 is 2.72 bits per heavy atom. The number of nitrogens with one attached hydrogen (secondary N) is 2. The van der Waals surface area contributed by atoms with Crippen molar-refractivity contribution in [3.05, 3.63) is 28.7 Å². The molecule has 0 aliphatic heterocycles. The van der Waals surface area contributed by atoms with Crippen molar-refractivity contribution < 1.29 is 14.3 Å². The number of rotatable bonds is 4. The third-order valence-corrected chi connectivity index (χ3v) is 2.62. The van der Waals surface area contributed by atoms with Gasteiger partial charge in [0.15, 0.2) is 6.10 Å². The number of hydrazine groups is 1. The van der Waals surface area contributed by atoms with E-state index in [0.29, 0.717) is 12.2 Å². The largest absolute Gasteiger partial charge is 0.481 e. The van der Waals surface area contributed by atoms with Gasteiger partial charge < -0.3 is 4.74 Å². The van der Waals surface area contributed by atoms with Gasteiger partial charge in [-0.1, -0.05) is 28.9 Å². The first-order valence-corrected chi connectivity index (χ1v) is 6.33. The van der Waals surface area contributed by atoms with E-state index >= 15 is 0 Å². The lowest BCUT2D eigenvalue weighted by molar-refractivity contribution is -0.132. The molecule has 0 aromatic heterocycles. The molecule has 2 N–H and O–H groups in total. The number of amides is 2. The summed E-state index contributed by atoms with van der Waals surface area (Å²) >= 11 is 3.31. The molecule has 0 fully saturated rings. The van der Waals surface area contributed by atoms with Gasteiger partial charge in [-0.3, -0.25) is 20.4 Å². The van der Waals surface area contributed by atoms with E-state index < -0.39 is 12.0 Å². The van der Waals surface area contributed by atoms with Crippen LogP contribution in [-0.2, 0) is 9.59 Å². The third kappa shape index (κ3) is 4.75. The molecule has 2 amide bonds. The maximum Gasteiger partial charge on any atom is 0.279 e. The lowest BCUT2D eigenvalue weighted by Crippen LogP contribution is -2.46. The number of ether oxygens (including phenoxy) is 1. The third-order valence-electron chi connectivity index (χ3n) is 2.12. The van der Waals surface area contributed by atoms with Crippen LogP contribution in [0.1, 0.15) is 20.3 Å². The van der Waals surface area contributed by atoms with Crippen molar-refractivity contribution in [2.45, 2.75) is 26.4 Å². The topological polar surface area (TPSA) is 67.4 Å². The quantitative estimate of drug-likeness (QED) is 0.832. The first kappa shape index (κ1) is 14.5. The summed E-state index contributed by atoms with van der Waals surface area (Å²) in [5.41, 5.74) is 4.58. The van der Waals surface area contributed by atoms with Crippen LogP contribution in [0.3, 0.4) is 0 Å². The molecule has 1 aromatic rings. The average molecular weight is 315 g/mol. The molecule has 0 saturated heterocycles. The highest BCUT2D eigenvalue weighted by Crippen LogP contribution is 2.18. The Kier molecular flexibility index (Phi) is 5.64. The van der Waals surface area contributed by atoms with Crippen LogP contribution in [0, 0.1) is 0 Å². The minimum Gasteiger partial charge on any atom is -0.481 e. The molecule has 0 heterocycles. The summed E-state index contributed by atoms with van der Waals surface area (Å²) in [6.07, 6.45) is -0.391. The Balaban J connectivity index is 2.47. The van der Waals surface area contributed by atoms with Crippen LogP contribution >= 0.6 is 15.9 Å². The van der Waals surface area contributed by atoms with Crippen LogP contribution in [0.5, 0.6) is 5.75 Å². The molecule has 1 unspecified atom stereocenters. The van der Waals surface area contributed by atoms with E-state index in [1.54, 1.807) is 26.0 Å². The zero-order valence-corrected chi connectivity index (χ0v) is 11.8. The molecular weight excluding hydrogens is 300 g/mol. The monoisotopic (exact) mass is 314 g/mol. The van der Waals surface area contributed by atoms with Crippen LogP contribution < -0.4 is 15.6 Å². The zero-order chi connectivity index (χ0) is 13.5. The van der Waals surface area contributed by atoms with Crippen molar-refractivity contribution >= 4 is 27.7 Å². The van der Waals surface area contributed by atoms with E-state index in [-0.39, 0.29) is 5.91 Å². The number of carbonyl (C=O) groups is 2. The lowest BCUT2D eigenvalue weighted by atomic mass is 10.3. The lowest BCUT2D eigenvalue weighted by Gasteiger charge is -2.15. The fourth-order valence-electron chi connectivity index (χ4n) is 1.12. The predicted molar refractivity (Wildman–Crippen MR) is 70.8 cm³/mol. The summed E-state index contributed by atoms with van der Waals surface area (Å²) in [6.45, 7) is 3.30. The van der Waals surface area contributed by atoms with E-state index in [1.807, 2.05) is 12.1 Å². The van der Waals surface area contributed by atoms with Gasteiger partial charge in [0.2, 0.25) is 5.91 Å². The molecule has 0 spiro atoms. The predicted octanol–water partition coefficient (Wildman–Crippen LogP) is 1.77. The van der Waals surface area contributed by atoms with Gasteiger partial charge in [0.25, 0.3) is 5.91 Å². The van der Waals surface area contributed by atoms with E-state index in [2.05, 4.69) is 26.8 Å². The summed E-state index contributed by atoms with van der Waals surface area (Å²) in [7, 11) is 0. The van der Waals surface area contributed by atoms with Gasteiger partial charge in [-0.15, -0.1) is 0 Å². The van der Waals surface area contributed by atoms with Gasteiger partial charge in [-0.25, -0.2) is 0 Å². The van der Waals surface area contributed by atoms with Crippen molar-refractivity contribution in [1.29, 1.82) is 0 Å². The summed E-state index contributed by atoms with van der Waals surface area (Å²) < 4.78 is 6.30. The fourth-order valence-corrected chi connectivity index (χ4v) is 1.50. The van der Waals surface area contributed by atoms with E-state index in [0.717, 1.165) is 4.47 Å². The molecule has 1 atom stereocenters. The standard InChI is InChI=1S/C12H15BrN2O3/c1-3-11(16)14-15-12(17)8(2)18-10-6-4-5-9(13)7-10/h4-8H,3H2,1-2H3,(H,14,16)(H,15,17). The molecule has 0 aliphatic carbocycles. The van der Waals surface area contributed by atoms with Crippen LogP contribution in [0.25, 0.3) is 0 Å². The highest BCUT2D eigenvalue weighted by atomic mass is 79.9. The summed E-state index contributed by atoms with van der Waals surface area (Å²) in [4.78, 5) is 22.6. The molecule has 0 aliphatic rings. The summed E-state index contributed by atoms with van der Waals surface area (Å²) in [5.74, 6) is -0.0800. The van der Waals surface area contributed by atoms with Gasteiger partial charge in [0.05, 0.1) is 0 Å². The Hall–Kier alpha value is -1.56. The maximum absolute atomic E-state index is 11.6. The number of hydrogen-bond acceptors (Lipinski definition) is 3. The minimum atomic E-state index is -0.698. The molecule has 0 radical (unpaired) electrons. The van der Waals surface area contributed by atoms with Crippen molar-refractivity contribution in [2.75, 3.05) is 0 Å². The van der Waals surface area contributed by atoms with Crippen molar-refractivity contribution in [1.82, 2.24) is 10.9 Å². The second-order valence-electron chi connectivity index (χ2n) is 3.61. The van der Waals surface area contributed by atoms with Gasteiger partial charge >= 0.3 is 0 Å². The van der Waals surface area contributed by atoms with E-state index in [1.165, 1.54) is 0 Å². The molecule has 5 nitrogen and oxygen atoms in total. The van der Waals surface area contributed by atoms with Crippen LogP contribution in [0.4, 0.5) is 0 Å². The maximum atomic E-state index is 11.6. The first-order valence-electron chi connectivity index (χ1n) is 5.54. The second kappa shape index (κ2) is 7.00. The van der Waals surface area contributed by atoms with Crippen molar-refractivity contribution in [2.24, 2.45) is 0 Å². The Morgan fingerprint density at radius 1 is 1.39 bits per heavy atom. The SMILES string of the molecule is CCC(=O)NNC(=O)C(C)Oc1cccc(Br)c1. The fraction of sp³-hybridized carbons (Fsp3) is 0.333. The average Bonchev–Trinajstić information content (AvgIpc) is 2.35. The summed E-state index contributed by atoms with van der Waals surface area (Å²) in [6, 6.07) is 7.18. The first-order chi connectivity index (χ1) is 8.52. The van der Waals surface area contributed by atoms with E-state index in [4.69, 9.17) is 4.74 Å². The van der Waals surface area contributed by atoms with Crippen molar-refractivity contribution in [3.8, 4) is 5.75 Å².